The van der Waals surface area contributed by atoms with E-state index in [1.807, 2.05) is 24.3 Å². The highest BCUT2D eigenvalue weighted by Crippen LogP contribution is 2.23. The first-order valence-electron chi connectivity index (χ1n) is 7.56. The Labute approximate surface area is 132 Å². The molecule has 0 spiro atoms. The largest absolute Gasteiger partial charge is 0.387 e. The van der Waals surface area contributed by atoms with Crippen LogP contribution in [0.5, 0.6) is 0 Å². The van der Waals surface area contributed by atoms with Gasteiger partial charge in [0.05, 0.1) is 6.10 Å². The summed E-state index contributed by atoms with van der Waals surface area (Å²) in [5, 5.41) is 15.2. The van der Waals surface area contributed by atoms with E-state index in [-0.39, 0.29) is 24.3 Å². The molecule has 1 atom stereocenters. The molecule has 0 aromatic heterocycles. The van der Waals surface area contributed by atoms with Crippen LogP contribution in [0.4, 0.5) is 0 Å². The van der Waals surface area contributed by atoms with Gasteiger partial charge in [-0.3, -0.25) is 9.59 Å². The van der Waals surface area contributed by atoms with Gasteiger partial charge in [-0.05, 0) is 23.5 Å². The molecule has 2 amide bonds. The summed E-state index contributed by atoms with van der Waals surface area (Å²) >= 11 is 0. The molecule has 1 rings (SSSR count). The van der Waals surface area contributed by atoms with Crippen LogP contribution in [-0.2, 0) is 15.0 Å². The summed E-state index contributed by atoms with van der Waals surface area (Å²) in [5.41, 5.74) is 1.99. The Morgan fingerprint density at radius 2 is 1.64 bits per heavy atom. The summed E-state index contributed by atoms with van der Waals surface area (Å²) in [6, 6.07) is 7.69. The van der Waals surface area contributed by atoms with Crippen molar-refractivity contribution in [3.8, 4) is 0 Å². The molecule has 0 aliphatic heterocycles. The Hall–Kier alpha value is -1.88. The van der Waals surface area contributed by atoms with Crippen LogP contribution in [0.25, 0.3) is 0 Å². The lowest BCUT2D eigenvalue weighted by Crippen LogP contribution is -2.33. The predicted molar refractivity (Wildman–Crippen MR) is 86.4 cm³/mol. The lowest BCUT2D eigenvalue weighted by atomic mass is 9.86. The fraction of sp³-hybridized carbons (Fsp3) is 0.529. The van der Waals surface area contributed by atoms with E-state index in [9.17, 15) is 14.7 Å². The molecule has 122 valence electrons. The van der Waals surface area contributed by atoms with Crippen molar-refractivity contribution in [2.45, 2.75) is 45.6 Å². The van der Waals surface area contributed by atoms with Crippen LogP contribution in [0.15, 0.2) is 24.3 Å². The van der Waals surface area contributed by atoms with Gasteiger partial charge in [-0.1, -0.05) is 45.0 Å². The van der Waals surface area contributed by atoms with E-state index in [0.29, 0.717) is 6.54 Å². The van der Waals surface area contributed by atoms with Crippen LogP contribution in [0.1, 0.15) is 51.3 Å². The topological polar surface area (TPSA) is 78.4 Å². The molecule has 3 N–H and O–H groups in total. The number of nitrogens with one attached hydrogen (secondary N) is 2. The van der Waals surface area contributed by atoms with E-state index in [1.165, 1.54) is 5.56 Å². The zero-order valence-electron chi connectivity index (χ0n) is 13.8. The zero-order valence-corrected chi connectivity index (χ0v) is 13.8. The van der Waals surface area contributed by atoms with Crippen LogP contribution >= 0.6 is 0 Å². The van der Waals surface area contributed by atoms with Gasteiger partial charge >= 0.3 is 0 Å². The van der Waals surface area contributed by atoms with Crippen LogP contribution in [0.2, 0.25) is 0 Å². The molecule has 0 fully saturated rings. The molecule has 0 saturated carbocycles. The fourth-order valence-electron chi connectivity index (χ4n) is 2.00. The van der Waals surface area contributed by atoms with Gasteiger partial charge in [0.2, 0.25) is 11.8 Å². The van der Waals surface area contributed by atoms with Crippen LogP contribution in [0, 0.1) is 0 Å². The second kappa shape index (κ2) is 7.94. The number of aliphatic hydroxyl groups is 1. The molecule has 1 unspecified atom stereocenters. The molecule has 0 bridgehead atoms. The first-order valence-corrected chi connectivity index (χ1v) is 7.56. The third-order valence-corrected chi connectivity index (χ3v) is 3.35. The first-order chi connectivity index (χ1) is 10.2. The molecule has 1 aromatic carbocycles. The van der Waals surface area contributed by atoms with E-state index in [2.05, 4.69) is 31.4 Å². The minimum atomic E-state index is -0.785. The number of amides is 2. The molecule has 0 aliphatic rings. The summed E-state index contributed by atoms with van der Waals surface area (Å²) < 4.78 is 0. The third-order valence-electron chi connectivity index (χ3n) is 3.35. The maximum atomic E-state index is 11.6. The standard InChI is InChI=1S/C17H26N2O3/c1-5-18-15(21)10-16(22)19-11-14(20)12-6-8-13(9-7-12)17(2,3)4/h6-9,14,20H,5,10-11H2,1-4H3,(H,18,21)(H,19,22). The number of hydrogen-bond donors (Lipinski definition) is 3. The van der Waals surface area contributed by atoms with Gasteiger partial charge < -0.3 is 15.7 Å². The van der Waals surface area contributed by atoms with E-state index in [0.717, 1.165) is 5.56 Å². The second-order valence-corrected chi connectivity index (χ2v) is 6.32. The Morgan fingerprint density at radius 3 is 2.14 bits per heavy atom. The maximum Gasteiger partial charge on any atom is 0.229 e. The third kappa shape index (κ3) is 5.85. The minimum Gasteiger partial charge on any atom is -0.387 e. The molecule has 0 radical (unpaired) electrons. The predicted octanol–water partition coefficient (Wildman–Crippen LogP) is 1.66. The van der Waals surface area contributed by atoms with Crippen molar-refractivity contribution < 1.29 is 14.7 Å². The molecule has 0 aliphatic carbocycles. The molecule has 22 heavy (non-hydrogen) atoms. The summed E-state index contributed by atoms with van der Waals surface area (Å²) in [5.74, 6) is -0.708. The van der Waals surface area contributed by atoms with Crippen molar-refractivity contribution in [2.24, 2.45) is 0 Å². The quantitative estimate of drug-likeness (QED) is 0.699. The van der Waals surface area contributed by atoms with Crippen molar-refractivity contribution in [3.05, 3.63) is 35.4 Å². The van der Waals surface area contributed by atoms with Crippen molar-refractivity contribution in [1.82, 2.24) is 10.6 Å². The summed E-state index contributed by atoms with van der Waals surface area (Å²) in [4.78, 5) is 22.8. The van der Waals surface area contributed by atoms with Crippen LogP contribution < -0.4 is 10.6 Å². The molecular weight excluding hydrogens is 280 g/mol. The smallest absolute Gasteiger partial charge is 0.229 e. The van der Waals surface area contributed by atoms with Gasteiger partial charge in [0.15, 0.2) is 0 Å². The summed E-state index contributed by atoms with van der Waals surface area (Å²) in [6.45, 7) is 8.75. The highest BCUT2D eigenvalue weighted by molar-refractivity contribution is 5.96. The molecule has 5 nitrogen and oxygen atoms in total. The molecular formula is C17H26N2O3. The Bertz CT molecular complexity index is 504. The van der Waals surface area contributed by atoms with E-state index < -0.39 is 12.0 Å². The lowest BCUT2D eigenvalue weighted by Gasteiger charge is -2.20. The number of carbonyl (C=O) groups is 2. The summed E-state index contributed by atoms with van der Waals surface area (Å²) in [6.07, 6.45) is -1.00. The summed E-state index contributed by atoms with van der Waals surface area (Å²) in [7, 11) is 0. The van der Waals surface area contributed by atoms with Gasteiger partial charge in [-0.15, -0.1) is 0 Å². The average Bonchev–Trinajstić information content (AvgIpc) is 2.44. The molecule has 5 heteroatoms. The van der Waals surface area contributed by atoms with Gasteiger partial charge in [0, 0.05) is 13.1 Å². The molecule has 0 heterocycles. The Balaban J connectivity index is 2.50. The van der Waals surface area contributed by atoms with Crippen LogP contribution in [-0.4, -0.2) is 30.0 Å². The Kier molecular flexibility index (Phi) is 6.56. The van der Waals surface area contributed by atoms with Crippen molar-refractivity contribution in [3.63, 3.8) is 0 Å². The molecule has 0 saturated heterocycles. The van der Waals surface area contributed by atoms with Gasteiger partial charge in [0.25, 0.3) is 0 Å². The van der Waals surface area contributed by atoms with E-state index in [1.54, 1.807) is 6.92 Å². The first kappa shape index (κ1) is 18.2. The fourth-order valence-corrected chi connectivity index (χ4v) is 2.00. The highest BCUT2D eigenvalue weighted by atomic mass is 16.3. The van der Waals surface area contributed by atoms with Crippen molar-refractivity contribution >= 4 is 11.8 Å². The van der Waals surface area contributed by atoms with Gasteiger partial charge in [-0.2, -0.15) is 0 Å². The number of carbonyl (C=O) groups excluding carboxylic acids is 2. The lowest BCUT2D eigenvalue weighted by molar-refractivity contribution is -0.129. The number of aliphatic hydroxyl groups excluding tert-OH is 1. The highest BCUT2D eigenvalue weighted by Gasteiger charge is 2.15. The van der Waals surface area contributed by atoms with E-state index >= 15 is 0 Å². The van der Waals surface area contributed by atoms with Crippen LogP contribution in [0.3, 0.4) is 0 Å². The second-order valence-electron chi connectivity index (χ2n) is 6.32. The number of benzene rings is 1. The average molecular weight is 306 g/mol. The number of hydrogen-bond acceptors (Lipinski definition) is 3. The van der Waals surface area contributed by atoms with Gasteiger partial charge in [0.1, 0.15) is 6.42 Å². The zero-order chi connectivity index (χ0) is 16.8. The monoisotopic (exact) mass is 306 g/mol. The maximum absolute atomic E-state index is 11.6. The van der Waals surface area contributed by atoms with Crippen molar-refractivity contribution in [2.75, 3.05) is 13.1 Å². The molecule has 1 aromatic rings. The Morgan fingerprint density at radius 1 is 1.09 bits per heavy atom. The van der Waals surface area contributed by atoms with Gasteiger partial charge in [-0.25, -0.2) is 0 Å². The van der Waals surface area contributed by atoms with E-state index in [4.69, 9.17) is 0 Å². The SMILES string of the molecule is CCNC(=O)CC(=O)NCC(O)c1ccc(C(C)(C)C)cc1. The normalized spacial score (nSPS) is 12.6. The number of rotatable bonds is 6. The van der Waals surface area contributed by atoms with Crippen molar-refractivity contribution in [1.29, 1.82) is 0 Å². The minimum absolute atomic E-state index is 0.0599.